The minimum Gasteiger partial charge on any atom is -0.393 e. The zero-order valence-electron chi connectivity index (χ0n) is 14.0. The molecule has 4 nitrogen and oxygen atoms in total. The van der Waals surface area contributed by atoms with Crippen molar-refractivity contribution >= 4 is 6.03 Å². The van der Waals surface area contributed by atoms with Crippen LogP contribution in [-0.4, -0.2) is 23.8 Å². The Kier molecular flexibility index (Phi) is 6.81. The number of hydrogen-bond donors (Lipinski definition) is 3. The van der Waals surface area contributed by atoms with Crippen LogP contribution >= 0.6 is 0 Å². The van der Waals surface area contributed by atoms with Crippen molar-refractivity contribution in [3.8, 4) is 0 Å². The predicted octanol–water partition coefficient (Wildman–Crippen LogP) is 3.21. The minimum absolute atomic E-state index is 0.202. The fourth-order valence-electron chi connectivity index (χ4n) is 2.49. The van der Waals surface area contributed by atoms with Crippen molar-refractivity contribution in [1.82, 2.24) is 10.6 Å². The lowest BCUT2D eigenvalue weighted by Gasteiger charge is -2.18. The molecule has 0 spiro atoms. The van der Waals surface area contributed by atoms with E-state index in [0.29, 0.717) is 24.1 Å². The first-order valence-corrected chi connectivity index (χ1v) is 7.69. The van der Waals surface area contributed by atoms with Gasteiger partial charge in [0.1, 0.15) is 5.82 Å². The molecule has 0 bridgehead atoms. The van der Waals surface area contributed by atoms with Gasteiger partial charge in [0.2, 0.25) is 0 Å². The summed E-state index contributed by atoms with van der Waals surface area (Å²) in [5.74, 6) is 0.00344. The number of carbonyl (C=O) groups excluding carboxylic acids is 1. The SMILES string of the molecule is Cc1cc(C(C)NC(=O)NCC(C)CC(C)O)cc(C)c1F. The first kappa shape index (κ1) is 18.4. The van der Waals surface area contributed by atoms with Crippen LogP contribution in [-0.2, 0) is 0 Å². The van der Waals surface area contributed by atoms with Gasteiger partial charge in [-0.25, -0.2) is 9.18 Å². The molecule has 1 aromatic rings. The van der Waals surface area contributed by atoms with Crippen LogP contribution in [0.2, 0.25) is 0 Å². The Bertz CT molecular complexity index is 494. The second-order valence-corrected chi connectivity index (χ2v) is 6.23. The molecule has 22 heavy (non-hydrogen) atoms. The fraction of sp³-hybridized carbons (Fsp3) is 0.588. The number of hydrogen-bond acceptors (Lipinski definition) is 2. The van der Waals surface area contributed by atoms with E-state index in [1.165, 1.54) is 0 Å². The van der Waals surface area contributed by atoms with E-state index in [4.69, 9.17) is 0 Å². The Balaban J connectivity index is 2.54. The van der Waals surface area contributed by atoms with Gasteiger partial charge in [0.05, 0.1) is 12.1 Å². The van der Waals surface area contributed by atoms with E-state index < -0.39 is 0 Å². The highest BCUT2D eigenvalue weighted by Gasteiger charge is 2.13. The van der Waals surface area contributed by atoms with E-state index in [-0.39, 0.29) is 29.9 Å². The van der Waals surface area contributed by atoms with Crippen molar-refractivity contribution in [1.29, 1.82) is 0 Å². The van der Waals surface area contributed by atoms with Crippen LogP contribution < -0.4 is 10.6 Å². The quantitative estimate of drug-likeness (QED) is 0.755. The molecular formula is C17H27FN2O2. The second kappa shape index (κ2) is 8.13. The standard InChI is InChI=1S/C17H27FN2O2/c1-10(6-13(4)21)9-19-17(22)20-14(5)15-7-11(2)16(18)12(3)8-15/h7-8,10,13-14,21H,6,9H2,1-5H3,(H2,19,20,22). The topological polar surface area (TPSA) is 61.4 Å². The third kappa shape index (κ3) is 5.64. The van der Waals surface area contributed by atoms with Crippen molar-refractivity contribution in [3.63, 3.8) is 0 Å². The summed E-state index contributed by atoms with van der Waals surface area (Å²) >= 11 is 0. The maximum atomic E-state index is 13.6. The van der Waals surface area contributed by atoms with E-state index in [9.17, 15) is 14.3 Å². The van der Waals surface area contributed by atoms with Gasteiger partial charge in [-0.05, 0) is 56.7 Å². The van der Waals surface area contributed by atoms with Gasteiger partial charge < -0.3 is 15.7 Å². The summed E-state index contributed by atoms with van der Waals surface area (Å²) < 4.78 is 13.6. The Morgan fingerprint density at radius 2 is 1.77 bits per heavy atom. The Hall–Kier alpha value is -1.62. The van der Waals surface area contributed by atoms with E-state index in [0.717, 1.165) is 5.56 Å². The average Bonchev–Trinajstić information content (AvgIpc) is 2.41. The van der Waals surface area contributed by atoms with Crippen LogP contribution in [0.3, 0.4) is 0 Å². The molecule has 0 heterocycles. The third-order valence-electron chi connectivity index (χ3n) is 3.66. The first-order chi connectivity index (χ1) is 10.2. The lowest BCUT2D eigenvalue weighted by atomic mass is 10.0. The monoisotopic (exact) mass is 310 g/mol. The molecule has 0 fully saturated rings. The lowest BCUT2D eigenvalue weighted by Crippen LogP contribution is -2.39. The van der Waals surface area contributed by atoms with Crippen molar-refractivity contribution in [2.45, 2.75) is 53.2 Å². The van der Waals surface area contributed by atoms with E-state index in [1.54, 1.807) is 32.9 Å². The maximum absolute atomic E-state index is 13.6. The molecule has 124 valence electrons. The van der Waals surface area contributed by atoms with Crippen molar-refractivity contribution in [2.24, 2.45) is 5.92 Å². The number of halogens is 1. The number of aryl methyl sites for hydroxylation is 2. The van der Waals surface area contributed by atoms with Gasteiger partial charge >= 0.3 is 6.03 Å². The number of rotatable bonds is 6. The molecule has 0 aliphatic heterocycles. The molecule has 3 atom stereocenters. The average molecular weight is 310 g/mol. The van der Waals surface area contributed by atoms with Gasteiger partial charge in [0, 0.05) is 6.54 Å². The maximum Gasteiger partial charge on any atom is 0.315 e. The molecule has 0 aromatic heterocycles. The summed E-state index contributed by atoms with van der Waals surface area (Å²) in [6, 6.07) is 3.04. The van der Waals surface area contributed by atoms with Gasteiger partial charge in [-0.15, -0.1) is 0 Å². The molecule has 1 aromatic carbocycles. The van der Waals surface area contributed by atoms with Crippen molar-refractivity contribution in [2.75, 3.05) is 6.54 Å². The molecule has 0 saturated heterocycles. The highest BCUT2D eigenvalue weighted by molar-refractivity contribution is 5.74. The lowest BCUT2D eigenvalue weighted by molar-refractivity contribution is 0.163. The molecular weight excluding hydrogens is 283 g/mol. The number of benzene rings is 1. The van der Waals surface area contributed by atoms with E-state index in [1.807, 2.05) is 13.8 Å². The largest absolute Gasteiger partial charge is 0.393 e. The summed E-state index contributed by atoms with van der Waals surface area (Å²) in [5.41, 5.74) is 2.04. The van der Waals surface area contributed by atoms with Crippen molar-refractivity contribution in [3.05, 3.63) is 34.6 Å². The molecule has 0 radical (unpaired) electrons. The molecule has 0 aliphatic carbocycles. The van der Waals surface area contributed by atoms with Gasteiger partial charge in [-0.2, -0.15) is 0 Å². The van der Waals surface area contributed by atoms with Gasteiger partial charge in [-0.1, -0.05) is 19.1 Å². The van der Waals surface area contributed by atoms with E-state index >= 15 is 0 Å². The first-order valence-electron chi connectivity index (χ1n) is 7.69. The van der Waals surface area contributed by atoms with Crippen LogP contribution in [0.5, 0.6) is 0 Å². The Morgan fingerprint density at radius 1 is 1.23 bits per heavy atom. The molecule has 0 saturated carbocycles. The van der Waals surface area contributed by atoms with Crippen LogP contribution in [0.1, 0.15) is 49.9 Å². The number of amides is 2. The molecule has 0 aliphatic rings. The molecule has 1 rings (SSSR count). The summed E-state index contributed by atoms with van der Waals surface area (Å²) in [5, 5.41) is 14.9. The second-order valence-electron chi connectivity index (χ2n) is 6.23. The summed E-state index contributed by atoms with van der Waals surface area (Å²) in [7, 11) is 0. The summed E-state index contributed by atoms with van der Waals surface area (Å²) in [6.45, 7) is 9.52. The van der Waals surface area contributed by atoms with Crippen LogP contribution in [0.15, 0.2) is 12.1 Å². The third-order valence-corrected chi connectivity index (χ3v) is 3.66. The summed E-state index contributed by atoms with van der Waals surface area (Å²) in [6.07, 6.45) is 0.274. The normalized spacial score (nSPS) is 15.0. The highest BCUT2D eigenvalue weighted by atomic mass is 19.1. The minimum atomic E-state index is -0.371. The van der Waals surface area contributed by atoms with E-state index in [2.05, 4.69) is 10.6 Å². The highest BCUT2D eigenvalue weighted by Crippen LogP contribution is 2.19. The molecule has 3 N–H and O–H groups in total. The number of urea groups is 1. The smallest absolute Gasteiger partial charge is 0.315 e. The number of aliphatic hydroxyl groups excluding tert-OH is 1. The van der Waals surface area contributed by atoms with Gasteiger partial charge in [0.15, 0.2) is 0 Å². The Labute approximate surface area is 132 Å². The van der Waals surface area contributed by atoms with Gasteiger partial charge in [0.25, 0.3) is 0 Å². The van der Waals surface area contributed by atoms with Crippen LogP contribution in [0.4, 0.5) is 9.18 Å². The zero-order valence-corrected chi connectivity index (χ0v) is 14.0. The number of aliphatic hydroxyl groups is 1. The number of nitrogens with one attached hydrogen (secondary N) is 2. The van der Waals surface area contributed by atoms with Crippen LogP contribution in [0, 0.1) is 25.6 Å². The zero-order chi connectivity index (χ0) is 16.9. The molecule has 3 unspecified atom stereocenters. The fourth-order valence-corrected chi connectivity index (χ4v) is 2.49. The predicted molar refractivity (Wildman–Crippen MR) is 86.3 cm³/mol. The van der Waals surface area contributed by atoms with Crippen LogP contribution in [0.25, 0.3) is 0 Å². The number of carbonyl (C=O) groups is 1. The van der Waals surface area contributed by atoms with Crippen molar-refractivity contribution < 1.29 is 14.3 Å². The molecule has 5 heteroatoms. The molecule has 2 amide bonds. The van der Waals surface area contributed by atoms with Gasteiger partial charge in [-0.3, -0.25) is 0 Å². The summed E-state index contributed by atoms with van der Waals surface area (Å²) in [4.78, 5) is 11.9. The Morgan fingerprint density at radius 3 is 2.27 bits per heavy atom.